The topological polar surface area (TPSA) is 21.3 Å². The highest BCUT2D eigenvalue weighted by atomic mass is 16.5. The van der Waals surface area contributed by atoms with Gasteiger partial charge in [-0.25, -0.2) is 0 Å². The molecule has 0 saturated heterocycles. The van der Waals surface area contributed by atoms with Gasteiger partial charge in [-0.15, -0.1) is 0 Å². The van der Waals surface area contributed by atoms with E-state index in [0.29, 0.717) is 6.04 Å². The molecule has 96 valence electrons. The van der Waals surface area contributed by atoms with Crippen molar-refractivity contribution in [3.63, 3.8) is 0 Å². The predicted molar refractivity (Wildman–Crippen MR) is 73.6 cm³/mol. The third kappa shape index (κ3) is 4.39. The van der Waals surface area contributed by atoms with Gasteiger partial charge in [-0.1, -0.05) is 32.0 Å². The van der Waals surface area contributed by atoms with Crippen LogP contribution < -0.4 is 10.1 Å². The lowest BCUT2D eigenvalue weighted by atomic mass is 10.1. The molecule has 0 heterocycles. The van der Waals surface area contributed by atoms with Crippen molar-refractivity contribution in [2.75, 3.05) is 6.61 Å². The van der Waals surface area contributed by atoms with Gasteiger partial charge in [0.2, 0.25) is 0 Å². The van der Waals surface area contributed by atoms with Crippen molar-refractivity contribution in [1.82, 2.24) is 5.32 Å². The fourth-order valence-electron chi connectivity index (χ4n) is 1.69. The van der Waals surface area contributed by atoms with Gasteiger partial charge in [-0.3, -0.25) is 0 Å². The molecule has 1 atom stereocenters. The molecule has 0 aliphatic rings. The summed E-state index contributed by atoms with van der Waals surface area (Å²) in [6.45, 7) is 10.3. The zero-order valence-electron chi connectivity index (χ0n) is 11.5. The summed E-state index contributed by atoms with van der Waals surface area (Å²) in [5.74, 6) is 1.06. The number of rotatable bonds is 7. The standard InChI is InChI=1S/C15H25NO/c1-5-10-17-15-12(3)8-7-9-14(15)11-16-13(4)6-2/h7-9,13,16H,5-6,10-11H2,1-4H3/t13-/m0/s1. The molecule has 0 amide bonds. The van der Waals surface area contributed by atoms with Crippen molar-refractivity contribution in [2.45, 2.75) is 53.1 Å². The lowest BCUT2D eigenvalue weighted by Gasteiger charge is -2.16. The van der Waals surface area contributed by atoms with Gasteiger partial charge in [0.25, 0.3) is 0 Å². The molecule has 1 N–H and O–H groups in total. The number of ether oxygens (including phenoxy) is 1. The third-order valence-electron chi connectivity index (χ3n) is 3.00. The molecule has 0 radical (unpaired) electrons. The highest BCUT2D eigenvalue weighted by Gasteiger charge is 2.07. The van der Waals surface area contributed by atoms with Gasteiger partial charge in [0.05, 0.1) is 6.61 Å². The maximum absolute atomic E-state index is 5.84. The van der Waals surface area contributed by atoms with Gasteiger partial charge >= 0.3 is 0 Å². The summed E-state index contributed by atoms with van der Waals surface area (Å²) < 4.78 is 5.84. The second kappa shape index (κ2) is 7.33. The first-order valence-corrected chi connectivity index (χ1v) is 6.63. The maximum Gasteiger partial charge on any atom is 0.126 e. The van der Waals surface area contributed by atoms with E-state index in [9.17, 15) is 0 Å². The van der Waals surface area contributed by atoms with E-state index in [1.165, 1.54) is 11.1 Å². The summed E-state index contributed by atoms with van der Waals surface area (Å²) >= 11 is 0. The monoisotopic (exact) mass is 235 g/mol. The number of para-hydroxylation sites is 1. The van der Waals surface area contributed by atoms with E-state index in [4.69, 9.17) is 4.74 Å². The van der Waals surface area contributed by atoms with Crippen LogP contribution in [-0.4, -0.2) is 12.6 Å². The predicted octanol–water partition coefficient (Wildman–Crippen LogP) is 3.67. The zero-order valence-corrected chi connectivity index (χ0v) is 11.5. The molecule has 0 aliphatic carbocycles. The van der Waals surface area contributed by atoms with Gasteiger partial charge in [-0.2, -0.15) is 0 Å². The van der Waals surface area contributed by atoms with Crippen molar-refractivity contribution in [3.05, 3.63) is 29.3 Å². The molecule has 1 rings (SSSR count). The molecule has 0 aliphatic heterocycles. The van der Waals surface area contributed by atoms with Crippen LogP contribution in [0.4, 0.5) is 0 Å². The smallest absolute Gasteiger partial charge is 0.126 e. The first kappa shape index (κ1) is 14.0. The summed E-state index contributed by atoms with van der Waals surface area (Å²) in [4.78, 5) is 0. The van der Waals surface area contributed by atoms with E-state index >= 15 is 0 Å². The first-order valence-electron chi connectivity index (χ1n) is 6.63. The van der Waals surface area contributed by atoms with E-state index in [0.717, 1.165) is 31.7 Å². The Hall–Kier alpha value is -1.02. The van der Waals surface area contributed by atoms with Crippen LogP contribution in [0.25, 0.3) is 0 Å². The highest BCUT2D eigenvalue weighted by Crippen LogP contribution is 2.23. The second-order valence-electron chi connectivity index (χ2n) is 4.60. The molecule has 0 unspecified atom stereocenters. The summed E-state index contributed by atoms with van der Waals surface area (Å²) in [5.41, 5.74) is 2.49. The van der Waals surface area contributed by atoms with E-state index in [2.05, 4.69) is 51.2 Å². The quantitative estimate of drug-likeness (QED) is 0.778. The number of nitrogens with one attached hydrogen (secondary N) is 1. The third-order valence-corrected chi connectivity index (χ3v) is 3.00. The first-order chi connectivity index (χ1) is 8.19. The average Bonchev–Trinajstić information content (AvgIpc) is 2.34. The fourth-order valence-corrected chi connectivity index (χ4v) is 1.69. The molecular weight excluding hydrogens is 210 g/mol. The molecule has 0 bridgehead atoms. The largest absolute Gasteiger partial charge is 0.493 e. The molecule has 1 aromatic carbocycles. The van der Waals surface area contributed by atoms with Crippen molar-refractivity contribution < 1.29 is 4.74 Å². The Morgan fingerprint density at radius 1 is 1.29 bits per heavy atom. The number of hydrogen-bond donors (Lipinski definition) is 1. The van der Waals surface area contributed by atoms with Gasteiger partial charge < -0.3 is 10.1 Å². The molecule has 1 aromatic rings. The second-order valence-corrected chi connectivity index (χ2v) is 4.60. The Balaban J connectivity index is 2.72. The minimum absolute atomic E-state index is 0.550. The molecule has 2 heteroatoms. The van der Waals surface area contributed by atoms with Crippen molar-refractivity contribution in [1.29, 1.82) is 0 Å². The summed E-state index contributed by atoms with van der Waals surface area (Å²) in [6, 6.07) is 6.90. The SMILES string of the molecule is CCCOc1c(C)cccc1CN[C@@H](C)CC. The molecule has 17 heavy (non-hydrogen) atoms. The number of benzene rings is 1. The average molecular weight is 235 g/mol. The lowest BCUT2D eigenvalue weighted by molar-refractivity contribution is 0.310. The van der Waals surface area contributed by atoms with Crippen LogP contribution in [0, 0.1) is 6.92 Å². The highest BCUT2D eigenvalue weighted by molar-refractivity contribution is 5.40. The lowest BCUT2D eigenvalue weighted by Crippen LogP contribution is -2.24. The van der Waals surface area contributed by atoms with Crippen LogP contribution >= 0.6 is 0 Å². The molecule has 0 saturated carbocycles. The van der Waals surface area contributed by atoms with Crippen LogP contribution in [-0.2, 0) is 6.54 Å². The van der Waals surface area contributed by atoms with Crippen LogP contribution in [0.1, 0.15) is 44.7 Å². The van der Waals surface area contributed by atoms with E-state index < -0.39 is 0 Å². The van der Waals surface area contributed by atoms with E-state index in [1.54, 1.807) is 0 Å². The van der Waals surface area contributed by atoms with Crippen molar-refractivity contribution in [3.8, 4) is 5.75 Å². The summed E-state index contributed by atoms with van der Waals surface area (Å²) in [7, 11) is 0. The molecule has 0 spiro atoms. The molecule has 0 fully saturated rings. The van der Waals surface area contributed by atoms with Gasteiger partial charge in [0.15, 0.2) is 0 Å². The van der Waals surface area contributed by atoms with Crippen LogP contribution in [0.3, 0.4) is 0 Å². The Morgan fingerprint density at radius 2 is 2.06 bits per heavy atom. The maximum atomic E-state index is 5.84. The van der Waals surface area contributed by atoms with Crippen LogP contribution in [0.15, 0.2) is 18.2 Å². The molecule has 0 aromatic heterocycles. The molecular formula is C15H25NO. The van der Waals surface area contributed by atoms with Crippen LogP contribution in [0.2, 0.25) is 0 Å². The number of aryl methyl sites for hydroxylation is 1. The Labute approximate surface area is 105 Å². The summed E-state index contributed by atoms with van der Waals surface area (Å²) in [5, 5.41) is 3.51. The number of hydrogen-bond acceptors (Lipinski definition) is 2. The normalized spacial score (nSPS) is 12.5. The van der Waals surface area contributed by atoms with Gasteiger partial charge in [-0.05, 0) is 32.3 Å². The summed E-state index contributed by atoms with van der Waals surface area (Å²) in [6.07, 6.45) is 2.20. The molecule has 2 nitrogen and oxygen atoms in total. The zero-order chi connectivity index (χ0) is 12.7. The minimum atomic E-state index is 0.550. The van der Waals surface area contributed by atoms with Gasteiger partial charge in [0, 0.05) is 18.2 Å². The van der Waals surface area contributed by atoms with Crippen molar-refractivity contribution >= 4 is 0 Å². The van der Waals surface area contributed by atoms with Crippen LogP contribution in [0.5, 0.6) is 5.75 Å². The minimum Gasteiger partial charge on any atom is -0.493 e. The Bertz CT molecular complexity index is 336. The van der Waals surface area contributed by atoms with E-state index in [-0.39, 0.29) is 0 Å². The van der Waals surface area contributed by atoms with Crippen molar-refractivity contribution in [2.24, 2.45) is 0 Å². The Kier molecular flexibility index (Phi) is 6.06. The Morgan fingerprint density at radius 3 is 2.71 bits per heavy atom. The van der Waals surface area contributed by atoms with E-state index in [1.807, 2.05) is 0 Å². The fraction of sp³-hybridized carbons (Fsp3) is 0.600. The van der Waals surface area contributed by atoms with Gasteiger partial charge in [0.1, 0.15) is 5.75 Å².